The van der Waals surface area contributed by atoms with Crippen LogP contribution in [0.2, 0.25) is 0 Å². The number of hydrogen-bond donors (Lipinski definition) is 7. The molecular weight excluding hydrogens is 484 g/mol. The standard InChI is InChI=1S/C24H40N6O7/c1-15(2)21(28-16(3)32)23(34)30-19(5-4-9-27-24(26)35)22(33)29-18-7-6-17(14-31)20(13-18)37-12-11-36-10-8-25/h6-7,13,15,19,21,31H,4-5,8-12,14,25H2,1-3H3,(H,28,32)(H,29,33)(H,30,34)(H3,26,27,35)/t19-,21-/m0/s1. The lowest BCUT2D eigenvalue weighted by atomic mass is 10.0. The van der Waals surface area contributed by atoms with Gasteiger partial charge in [0.25, 0.3) is 0 Å². The van der Waals surface area contributed by atoms with E-state index in [0.29, 0.717) is 43.2 Å². The lowest BCUT2D eigenvalue weighted by molar-refractivity contribution is -0.131. The summed E-state index contributed by atoms with van der Waals surface area (Å²) in [6, 6.07) is 2.28. The zero-order chi connectivity index (χ0) is 27.8. The normalized spacial score (nSPS) is 12.4. The van der Waals surface area contributed by atoms with E-state index in [1.165, 1.54) is 6.92 Å². The Morgan fingerprint density at radius 3 is 2.38 bits per heavy atom. The van der Waals surface area contributed by atoms with Crippen molar-refractivity contribution in [2.24, 2.45) is 17.4 Å². The maximum Gasteiger partial charge on any atom is 0.312 e. The molecule has 0 spiro atoms. The molecule has 0 aliphatic rings. The monoisotopic (exact) mass is 524 g/mol. The zero-order valence-corrected chi connectivity index (χ0v) is 21.7. The summed E-state index contributed by atoms with van der Waals surface area (Å²) in [6.45, 7) is 6.11. The number of primary amides is 1. The molecule has 0 unspecified atom stereocenters. The molecule has 0 fully saturated rings. The number of rotatable bonds is 17. The van der Waals surface area contributed by atoms with Crippen LogP contribution in [-0.2, 0) is 25.7 Å². The van der Waals surface area contributed by atoms with Gasteiger partial charge in [0.05, 0.1) is 19.8 Å². The Morgan fingerprint density at radius 2 is 1.78 bits per heavy atom. The molecule has 0 bridgehead atoms. The fourth-order valence-corrected chi connectivity index (χ4v) is 3.32. The molecule has 13 nitrogen and oxygen atoms in total. The lowest BCUT2D eigenvalue weighted by Gasteiger charge is -2.25. The maximum absolute atomic E-state index is 13.1. The number of carbonyl (C=O) groups excluding carboxylic acids is 4. The fraction of sp³-hybridized carbons (Fsp3) is 0.583. The van der Waals surface area contributed by atoms with Crippen LogP contribution in [0.4, 0.5) is 10.5 Å². The summed E-state index contributed by atoms with van der Waals surface area (Å²) >= 11 is 0. The summed E-state index contributed by atoms with van der Waals surface area (Å²) in [5, 5.41) is 20.1. The van der Waals surface area contributed by atoms with Gasteiger partial charge in [-0.25, -0.2) is 4.79 Å². The second-order valence-corrected chi connectivity index (χ2v) is 8.64. The zero-order valence-electron chi connectivity index (χ0n) is 21.7. The largest absolute Gasteiger partial charge is 0.491 e. The number of amides is 5. The van der Waals surface area contributed by atoms with Crippen molar-refractivity contribution in [3.63, 3.8) is 0 Å². The van der Waals surface area contributed by atoms with E-state index in [0.717, 1.165) is 0 Å². The van der Waals surface area contributed by atoms with Crippen molar-refractivity contribution >= 4 is 29.4 Å². The molecule has 0 heterocycles. The number of hydrogen-bond acceptors (Lipinski definition) is 8. The topological polar surface area (TPSA) is 207 Å². The van der Waals surface area contributed by atoms with Gasteiger partial charge in [-0.05, 0) is 24.8 Å². The van der Waals surface area contributed by atoms with Gasteiger partial charge in [0.15, 0.2) is 0 Å². The molecule has 0 radical (unpaired) electrons. The van der Waals surface area contributed by atoms with E-state index in [2.05, 4.69) is 21.3 Å². The van der Waals surface area contributed by atoms with Crippen molar-refractivity contribution in [3.8, 4) is 5.75 Å². The molecule has 0 aliphatic carbocycles. The number of carbonyl (C=O) groups is 4. The van der Waals surface area contributed by atoms with E-state index in [1.807, 2.05) is 0 Å². The van der Waals surface area contributed by atoms with Crippen molar-refractivity contribution in [1.82, 2.24) is 16.0 Å². The van der Waals surface area contributed by atoms with Crippen LogP contribution in [0.25, 0.3) is 0 Å². The predicted molar refractivity (Wildman–Crippen MR) is 138 cm³/mol. The Morgan fingerprint density at radius 1 is 1.05 bits per heavy atom. The quantitative estimate of drug-likeness (QED) is 0.133. The first-order chi connectivity index (χ1) is 17.6. The highest BCUT2D eigenvalue weighted by Crippen LogP contribution is 2.24. The van der Waals surface area contributed by atoms with Gasteiger partial charge in [-0.15, -0.1) is 0 Å². The van der Waals surface area contributed by atoms with Gasteiger partial charge >= 0.3 is 6.03 Å². The third kappa shape index (κ3) is 12.4. The number of aliphatic hydroxyl groups is 1. The van der Waals surface area contributed by atoms with Gasteiger partial charge < -0.3 is 47.3 Å². The molecule has 1 aromatic rings. The van der Waals surface area contributed by atoms with Crippen LogP contribution in [0.1, 0.15) is 39.2 Å². The van der Waals surface area contributed by atoms with Gasteiger partial charge in [0.1, 0.15) is 24.4 Å². The molecule has 0 saturated heterocycles. The Kier molecular flexibility index (Phi) is 14.6. The molecule has 1 rings (SSSR count). The summed E-state index contributed by atoms with van der Waals surface area (Å²) in [7, 11) is 0. The van der Waals surface area contributed by atoms with E-state index in [-0.39, 0.29) is 38.0 Å². The Hall–Kier alpha value is -3.42. The summed E-state index contributed by atoms with van der Waals surface area (Å²) in [5.41, 5.74) is 11.4. The van der Waals surface area contributed by atoms with E-state index < -0.39 is 29.9 Å². The minimum atomic E-state index is -0.969. The highest BCUT2D eigenvalue weighted by Gasteiger charge is 2.28. The van der Waals surface area contributed by atoms with Gasteiger partial charge in [0, 0.05) is 37.3 Å². The first kappa shape index (κ1) is 31.6. The summed E-state index contributed by atoms with van der Waals surface area (Å²) in [6.07, 6.45) is 0.549. The van der Waals surface area contributed by atoms with Crippen LogP contribution in [0.3, 0.4) is 0 Å². The molecule has 1 aromatic carbocycles. The van der Waals surface area contributed by atoms with E-state index in [4.69, 9.17) is 20.9 Å². The Balaban J connectivity index is 2.98. The van der Waals surface area contributed by atoms with Gasteiger partial charge in [0.2, 0.25) is 17.7 Å². The summed E-state index contributed by atoms with van der Waals surface area (Å²) < 4.78 is 11.0. The molecule has 0 aromatic heterocycles. The van der Waals surface area contributed by atoms with E-state index >= 15 is 0 Å². The van der Waals surface area contributed by atoms with E-state index in [1.54, 1.807) is 32.0 Å². The molecule has 13 heteroatoms. The smallest absolute Gasteiger partial charge is 0.312 e. The average Bonchev–Trinajstić information content (AvgIpc) is 2.83. The Labute approximate surface area is 217 Å². The fourth-order valence-electron chi connectivity index (χ4n) is 3.32. The molecule has 5 amide bonds. The minimum Gasteiger partial charge on any atom is -0.491 e. The van der Waals surface area contributed by atoms with Crippen LogP contribution >= 0.6 is 0 Å². The number of nitrogens with two attached hydrogens (primary N) is 2. The maximum atomic E-state index is 13.1. The van der Waals surface area contributed by atoms with Crippen LogP contribution in [0.5, 0.6) is 5.75 Å². The molecule has 9 N–H and O–H groups in total. The first-order valence-corrected chi connectivity index (χ1v) is 12.1. The summed E-state index contributed by atoms with van der Waals surface area (Å²) in [4.78, 5) is 48.5. The van der Waals surface area contributed by atoms with Gasteiger partial charge in [-0.3, -0.25) is 14.4 Å². The number of benzene rings is 1. The van der Waals surface area contributed by atoms with Crippen molar-refractivity contribution in [3.05, 3.63) is 23.8 Å². The van der Waals surface area contributed by atoms with E-state index in [9.17, 15) is 24.3 Å². The van der Waals surface area contributed by atoms with Crippen LogP contribution < -0.4 is 37.5 Å². The number of urea groups is 1. The molecule has 208 valence electrons. The highest BCUT2D eigenvalue weighted by molar-refractivity contribution is 5.98. The Bertz CT molecular complexity index is 896. The van der Waals surface area contributed by atoms with Crippen molar-refractivity contribution in [2.75, 3.05) is 38.2 Å². The number of anilines is 1. The first-order valence-electron chi connectivity index (χ1n) is 12.1. The lowest BCUT2D eigenvalue weighted by Crippen LogP contribution is -2.54. The summed E-state index contributed by atoms with van der Waals surface area (Å²) in [5.74, 6) is -1.24. The second kappa shape index (κ2) is 17.1. The van der Waals surface area contributed by atoms with Gasteiger partial charge in [-0.2, -0.15) is 0 Å². The SMILES string of the molecule is CC(=O)N[C@H](C(=O)N[C@@H](CCCNC(N)=O)C(=O)Nc1ccc(CO)c(OCCOCCN)c1)C(C)C. The predicted octanol–water partition coefficient (Wildman–Crippen LogP) is -0.434. The number of ether oxygens (including phenoxy) is 2. The second-order valence-electron chi connectivity index (χ2n) is 8.64. The van der Waals surface area contributed by atoms with Crippen molar-refractivity contribution in [2.45, 2.75) is 52.3 Å². The van der Waals surface area contributed by atoms with Crippen molar-refractivity contribution < 1.29 is 33.8 Å². The molecular formula is C24H40N6O7. The minimum absolute atomic E-state index is 0.194. The third-order valence-corrected chi connectivity index (χ3v) is 5.16. The molecule has 2 atom stereocenters. The number of aliphatic hydroxyl groups excluding tert-OH is 1. The molecule has 0 saturated carbocycles. The van der Waals surface area contributed by atoms with Gasteiger partial charge in [-0.1, -0.05) is 19.9 Å². The highest BCUT2D eigenvalue weighted by atomic mass is 16.5. The molecule has 0 aliphatic heterocycles. The third-order valence-electron chi connectivity index (χ3n) is 5.16. The van der Waals surface area contributed by atoms with Crippen molar-refractivity contribution in [1.29, 1.82) is 0 Å². The van der Waals surface area contributed by atoms with Crippen LogP contribution in [0, 0.1) is 5.92 Å². The molecule has 37 heavy (non-hydrogen) atoms. The van der Waals surface area contributed by atoms with Crippen LogP contribution in [0.15, 0.2) is 18.2 Å². The average molecular weight is 525 g/mol. The van der Waals surface area contributed by atoms with Crippen LogP contribution in [-0.4, -0.2) is 73.9 Å². The number of nitrogens with one attached hydrogen (secondary N) is 4.